The Morgan fingerprint density at radius 3 is 2.41 bits per heavy atom. The third-order valence-electron chi connectivity index (χ3n) is 5.56. The quantitative estimate of drug-likeness (QED) is 0.642. The fourth-order valence-corrected chi connectivity index (χ4v) is 4.02. The van der Waals surface area contributed by atoms with Crippen LogP contribution < -0.4 is 0 Å². The van der Waals surface area contributed by atoms with Crippen LogP contribution in [0.3, 0.4) is 0 Å². The predicted molar refractivity (Wildman–Crippen MR) is 82.6 cm³/mol. The van der Waals surface area contributed by atoms with E-state index >= 15 is 0 Å². The molecule has 0 N–H and O–H groups in total. The Bertz CT molecular complexity index is 380. The Morgan fingerprint density at radius 1 is 1.09 bits per heavy atom. The molecule has 2 aliphatic carbocycles. The maximum absolute atomic E-state index is 12.3. The molecule has 1 spiro atoms. The van der Waals surface area contributed by atoms with Crippen LogP contribution >= 0.6 is 0 Å². The number of methoxy groups -OCH3 is 2. The van der Waals surface area contributed by atoms with Crippen LogP contribution in [0.25, 0.3) is 0 Å². The topological polar surface area (TPSA) is 48.0 Å². The van der Waals surface area contributed by atoms with E-state index in [-0.39, 0.29) is 5.92 Å². The van der Waals surface area contributed by atoms with Crippen molar-refractivity contribution in [3.05, 3.63) is 0 Å². The Hall–Kier alpha value is -0.650. The van der Waals surface area contributed by atoms with Gasteiger partial charge in [-0.05, 0) is 38.5 Å². The van der Waals surface area contributed by atoms with E-state index in [4.69, 9.17) is 14.2 Å². The molecular formula is C17H29NO4. The largest absolute Gasteiger partial charge is 0.385 e. The lowest BCUT2D eigenvalue weighted by Crippen LogP contribution is -2.66. The Morgan fingerprint density at radius 2 is 1.77 bits per heavy atom. The monoisotopic (exact) mass is 311 g/mol. The van der Waals surface area contributed by atoms with Crippen LogP contribution in [0.1, 0.15) is 38.5 Å². The van der Waals surface area contributed by atoms with Gasteiger partial charge in [0.1, 0.15) is 0 Å². The second-order valence-electron chi connectivity index (χ2n) is 7.32. The first-order valence-electron chi connectivity index (χ1n) is 8.58. The summed E-state index contributed by atoms with van der Waals surface area (Å²) in [5, 5.41) is 0. The SMILES string of the molecule is COCCCCOC1CC2(C1)CN(C(=O)C1CC(OC)C1)C2. The highest BCUT2D eigenvalue weighted by atomic mass is 16.5. The van der Waals surface area contributed by atoms with Gasteiger partial charge >= 0.3 is 0 Å². The number of unbranched alkanes of at least 4 members (excludes halogenated alkanes) is 1. The Balaban J connectivity index is 1.26. The van der Waals surface area contributed by atoms with Gasteiger partial charge in [0.05, 0.1) is 12.2 Å². The fraction of sp³-hybridized carbons (Fsp3) is 0.941. The van der Waals surface area contributed by atoms with E-state index in [2.05, 4.69) is 0 Å². The van der Waals surface area contributed by atoms with E-state index in [1.807, 2.05) is 4.90 Å². The summed E-state index contributed by atoms with van der Waals surface area (Å²) in [5.41, 5.74) is 0.386. The first-order valence-corrected chi connectivity index (χ1v) is 8.58. The number of rotatable bonds is 8. The lowest BCUT2D eigenvalue weighted by molar-refractivity contribution is -0.179. The molecule has 3 fully saturated rings. The summed E-state index contributed by atoms with van der Waals surface area (Å²) in [6, 6.07) is 0. The number of nitrogens with zero attached hydrogens (tertiary/aromatic N) is 1. The number of carbonyl (C=O) groups is 1. The van der Waals surface area contributed by atoms with Gasteiger partial charge in [-0.3, -0.25) is 4.79 Å². The van der Waals surface area contributed by atoms with E-state index < -0.39 is 0 Å². The van der Waals surface area contributed by atoms with Crippen LogP contribution in [-0.2, 0) is 19.0 Å². The van der Waals surface area contributed by atoms with Crippen molar-refractivity contribution in [1.29, 1.82) is 0 Å². The number of amides is 1. The molecule has 0 unspecified atom stereocenters. The van der Waals surface area contributed by atoms with E-state index in [0.29, 0.717) is 23.5 Å². The van der Waals surface area contributed by atoms with Crippen molar-refractivity contribution in [2.24, 2.45) is 11.3 Å². The zero-order valence-electron chi connectivity index (χ0n) is 13.9. The number of ether oxygens (including phenoxy) is 3. The van der Waals surface area contributed by atoms with E-state index in [9.17, 15) is 4.79 Å². The van der Waals surface area contributed by atoms with Crippen molar-refractivity contribution < 1.29 is 19.0 Å². The average Bonchev–Trinajstić information content (AvgIpc) is 2.37. The Kier molecular flexibility index (Phi) is 5.05. The van der Waals surface area contributed by atoms with Crippen molar-refractivity contribution in [3.8, 4) is 0 Å². The summed E-state index contributed by atoms with van der Waals surface area (Å²) in [6.45, 7) is 3.56. The molecule has 0 aromatic heterocycles. The molecule has 3 rings (SSSR count). The molecule has 0 atom stereocenters. The minimum atomic E-state index is 0.218. The van der Waals surface area contributed by atoms with Gasteiger partial charge in [-0.25, -0.2) is 0 Å². The molecule has 3 aliphatic rings. The first-order chi connectivity index (χ1) is 10.7. The maximum Gasteiger partial charge on any atom is 0.225 e. The fourth-order valence-electron chi connectivity index (χ4n) is 4.02. The van der Waals surface area contributed by atoms with Crippen LogP contribution in [-0.4, -0.2) is 63.5 Å². The van der Waals surface area contributed by atoms with E-state index in [1.54, 1.807) is 14.2 Å². The summed E-state index contributed by atoms with van der Waals surface area (Å²) >= 11 is 0. The third-order valence-corrected chi connectivity index (χ3v) is 5.56. The van der Waals surface area contributed by atoms with Crippen molar-refractivity contribution in [3.63, 3.8) is 0 Å². The van der Waals surface area contributed by atoms with Crippen molar-refractivity contribution in [2.45, 2.75) is 50.7 Å². The maximum atomic E-state index is 12.3. The van der Waals surface area contributed by atoms with E-state index in [1.165, 1.54) is 0 Å². The molecule has 0 aromatic rings. The first kappa shape index (κ1) is 16.2. The molecule has 126 valence electrons. The molecule has 1 heterocycles. The molecule has 0 aromatic carbocycles. The molecule has 22 heavy (non-hydrogen) atoms. The van der Waals surface area contributed by atoms with Gasteiger partial charge in [-0.15, -0.1) is 0 Å². The molecule has 0 bridgehead atoms. The summed E-state index contributed by atoms with van der Waals surface area (Å²) in [5.74, 6) is 0.568. The number of hydrogen-bond donors (Lipinski definition) is 0. The molecule has 5 heteroatoms. The Labute approximate surface area is 133 Å². The molecule has 1 saturated heterocycles. The van der Waals surface area contributed by atoms with Gasteiger partial charge < -0.3 is 19.1 Å². The molecule has 5 nitrogen and oxygen atoms in total. The van der Waals surface area contributed by atoms with Crippen molar-refractivity contribution in [2.75, 3.05) is 40.5 Å². The van der Waals surface area contributed by atoms with Crippen molar-refractivity contribution in [1.82, 2.24) is 4.90 Å². The zero-order valence-corrected chi connectivity index (χ0v) is 13.9. The normalized spacial score (nSPS) is 29.8. The van der Waals surface area contributed by atoms with Crippen molar-refractivity contribution >= 4 is 5.91 Å². The second kappa shape index (κ2) is 6.85. The van der Waals surface area contributed by atoms with Crippen LogP contribution in [0.4, 0.5) is 0 Å². The summed E-state index contributed by atoms with van der Waals surface area (Å²) in [7, 11) is 3.47. The molecule has 2 saturated carbocycles. The van der Waals surface area contributed by atoms with Gasteiger partial charge in [0.15, 0.2) is 0 Å². The standard InChI is InChI=1S/C17H29NO4/c1-20-5-3-4-6-22-15-9-17(10-15)11-18(12-17)16(19)13-7-14(8-13)21-2/h13-15H,3-12H2,1-2H3. The van der Waals surface area contributed by atoms with Gasteiger partial charge in [-0.1, -0.05) is 0 Å². The summed E-state index contributed by atoms with van der Waals surface area (Å²) in [6.07, 6.45) is 6.95. The lowest BCUT2D eigenvalue weighted by atomic mass is 9.61. The van der Waals surface area contributed by atoms with Gasteiger partial charge in [0.2, 0.25) is 5.91 Å². The van der Waals surface area contributed by atoms with E-state index in [0.717, 1.165) is 64.8 Å². The predicted octanol–water partition coefficient (Wildman–Crippen LogP) is 1.85. The van der Waals surface area contributed by atoms with Crippen LogP contribution in [0.2, 0.25) is 0 Å². The average molecular weight is 311 g/mol. The molecule has 1 aliphatic heterocycles. The smallest absolute Gasteiger partial charge is 0.225 e. The molecular weight excluding hydrogens is 282 g/mol. The van der Waals surface area contributed by atoms with Crippen LogP contribution in [0.15, 0.2) is 0 Å². The highest BCUT2D eigenvalue weighted by Gasteiger charge is 2.55. The minimum absolute atomic E-state index is 0.218. The number of hydrogen-bond acceptors (Lipinski definition) is 4. The number of likely N-dealkylation sites (tertiary alicyclic amines) is 1. The highest BCUT2D eigenvalue weighted by Crippen LogP contribution is 2.50. The highest BCUT2D eigenvalue weighted by molar-refractivity contribution is 5.81. The van der Waals surface area contributed by atoms with Gasteiger partial charge in [0, 0.05) is 51.9 Å². The molecule has 1 amide bonds. The zero-order chi connectivity index (χ0) is 15.6. The second-order valence-corrected chi connectivity index (χ2v) is 7.32. The van der Waals surface area contributed by atoms with Crippen LogP contribution in [0.5, 0.6) is 0 Å². The third kappa shape index (κ3) is 3.31. The van der Waals surface area contributed by atoms with Crippen LogP contribution in [0, 0.1) is 11.3 Å². The lowest BCUT2D eigenvalue weighted by Gasteiger charge is -2.59. The minimum Gasteiger partial charge on any atom is -0.385 e. The summed E-state index contributed by atoms with van der Waals surface area (Å²) in [4.78, 5) is 14.3. The molecule has 0 radical (unpaired) electrons. The summed E-state index contributed by atoms with van der Waals surface area (Å²) < 4.78 is 16.2. The number of carbonyl (C=O) groups excluding carboxylic acids is 1. The van der Waals surface area contributed by atoms with Gasteiger partial charge in [-0.2, -0.15) is 0 Å². The van der Waals surface area contributed by atoms with Gasteiger partial charge in [0.25, 0.3) is 0 Å².